The summed E-state index contributed by atoms with van der Waals surface area (Å²) < 4.78 is 7.41. The van der Waals surface area contributed by atoms with Gasteiger partial charge in [0, 0.05) is 22.0 Å². The summed E-state index contributed by atoms with van der Waals surface area (Å²) in [6.45, 7) is 1.60. The third kappa shape index (κ3) is 5.74. The maximum Gasteiger partial charge on any atom is 0.123 e. The van der Waals surface area contributed by atoms with Gasteiger partial charge in [-0.1, -0.05) is 89.4 Å². The van der Waals surface area contributed by atoms with Crippen molar-refractivity contribution in [2.75, 3.05) is 6.54 Å². The minimum Gasteiger partial charge on any atom is -0.489 e. The first-order valence-electron chi connectivity index (χ1n) is 11.0. The molecule has 2 nitrogen and oxygen atoms in total. The highest BCUT2D eigenvalue weighted by molar-refractivity contribution is 9.10. The lowest BCUT2D eigenvalue weighted by Gasteiger charge is -2.23. The molecule has 30 heavy (non-hydrogen) atoms. The lowest BCUT2D eigenvalue weighted by Crippen LogP contribution is -2.28. The normalized spacial score (nSPS) is 15.2. The van der Waals surface area contributed by atoms with Crippen molar-refractivity contribution in [1.29, 1.82) is 0 Å². The molecule has 0 spiro atoms. The summed E-state index contributed by atoms with van der Waals surface area (Å²) in [7, 11) is 0. The zero-order chi connectivity index (χ0) is 20.6. The second-order valence-electron chi connectivity index (χ2n) is 8.14. The van der Waals surface area contributed by atoms with Gasteiger partial charge >= 0.3 is 0 Å². The minimum atomic E-state index is 0.295. The molecule has 1 unspecified atom stereocenters. The minimum absolute atomic E-state index is 0.295. The lowest BCUT2D eigenvalue weighted by atomic mass is 9.88. The highest BCUT2D eigenvalue weighted by Gasteiger charge is 2.20. The van der Waals surface area contributed by atoms with E-state index in [1.165, 1.54) is 42.4 Å². The van der Waals surface area contributed by atoms with E-state index < -0.39 is 0 Å². The summed E-state index contributed by atoms with van der Waals surface area (Å²) in [5.41, 5.74) is 3.78. The Morgan fingerprint density at radius 2 is 1.60 bits per heavy atom. The standard InChI is InChI=1S/C27H30BrNO/c28-23-15-16-27(30-20-21-9-3-1-4-10-21)26(19-23)25(22-11-5-2-6-12-22)17-18-29-24-13-7-8-14-24/h1-6,9-12,15-16,19,24-25,29H,7-8,13-14,17-18,20H2. The van der Waals surface area contributed by atoms with Crippen molar-refractivity contribution >= 4 is 15.9 Å². The molecular formula is C27H30BrNO. The van der Waals surface area contributed by atoms with Crippen LogP contribution in [0.15, 0.2) is 83.3 Å². The molecule has 0 amide bonds. The third-order valence-electron chi connectivity index (χ3n) is 6.01. The van der Waals surface area contributed by atoms with Crippen molar-refractivity contribution in [2.45, 2.75) is 50.7 Å². The number of hydrogen-bond donors (Lipinski definition) is 1. The highest BCUT2D eigenvalue weighted by atomic mass is 79.9. The van der Waals surface area contributed by atoms with E-state index in [9.17, 15) is 0 Å². The smallest absolute Gasteiger partial charge is 0.123 e. The van der Waals surface area contributed by atoms with Crippen molar-refractivity contribution in [3.8, 4) is 5.75 Å². The fourth-order valence-corrected chi connectivity index (χ4v) is 4.79. The van der Waals surface area contributed by atoms with Crippen molar-refractivity contribution < 1.29 is 4.74 Å². The molecule has 3 aromatic rings. The van der Waals surface area contributed by atoms with Gasteiger partial charge < -0.3 is 10.1 Å². The van der Waals surface area contributed by atoms with Gasteiger partial charge in [0.25, 0.3) is 0 Å². The second kappa shape index (κ2) is 10.8. The SMILES string of the molecule is Brc1ccc(OCc2ccccc2)c(C(CCNC2CCCC2)c2ccccc2)c1. The lowest BCUT2D eigenvalue weighted by molar-refractivity contribution is 0.301. The van der Waals surface area contributed by atoms with Gasteiger partial charge in [-0.2, -0.15) is 0 Å². The molecule has 0 aromatic heterocycles. The molecule has 0 aliphatic heterocycles. The summed E-state index contributed by atoms with van der Waals surface area (Å²) in [6, 6.07) is 28.3. The van der Waals surface area contributed by atoms with E-state index in [1.807, 2.05) is 6.07 Å². The predicted octanol–water partition coefficient (Wildman–Crippen LogP) is 7.08. The molecule has 0 radical (unpaired) electrons. The van der Waals surface area contributed by atoms with Crippen LogP contribution in [0.3, 0.4) is 0 Å². The van der Waals surface area contributed by atoms with Crippen molar-refractivity contribution in [2.24, 2.45) is 0 Å². The number of halogens is 1. The molecule has 3 heteroatoms. The Morgan fingerprint density at radius 3 is 2.33 bits per heavy atom. The van der Waals surface area contributed by atoms with Gasteiger partial charge in [0.15, 0.2) is 0 Å². The second-order valence-corrected chi connectivity index (χ2v) is 9.06. The molecule has 1 aliphatic rings. The summed E-state index contributed by atoms with van der Waals surface area (Å²) in [5.74, 6) is 1.26. The predicted molar refractivity (Wildman–Crippen MR) is 128 cm³/mol. The van der Waals surface area contributed by atoms with E-state index >= 15 is 0 Å². The van der Waals surface area contributed by atoms with Crippen LogP contribution in [-0.2, 0) is 6.61 Å². The molecule has 3 aromatic carbocycles. The summed E-state index contributed by atoms with van der Waals surface area (Å²) >= 11 is 3.68. The molecule has 156 valence electrons. The number of ether oxygens (including phenoxy) is 1. The number of rotatable bonds is 9. The third-order valence-corrected chi connectivity index (χ3v) is 6.50. The number of hydrogen-bond acceptors (Lipinski definition) is 2. The first-order chi connectivity index (χ1) is 14.8. The van der Waals surface area contributed by atoms with Crippen molar-refractivity contribution in [3.63, 3.8) is 0 Å². The van der Waals surface area contributed by atoms with E-state index in [1.54, 1.807) is 0 Å². The van der Waals surface area contributed by atoms with Crippen LogP contribution in [0.25, 0.3) is 0 Å². The fraction of sp³-hybridized carbons (Fsp3) is 0.333. The summed E-state index contributed by atoms with van der Waals surface area (Å²) in [5, 5.41) is 3.79. The Morgan fingerprint density at radius 1 is 0.900 bits per heavy atom. The van der Waals surface area contributed by atoms with E-state index in [4.69, 9.17) is 4.74 Å². The Balaban J connectivity index is 1.55. The van der Waals surface area contributed by atoms with Crippen LogP contribution in [0.5, 0.6) is 5.75 Å². The molecule has 1 fully saturated rings. The first kappa shape index (κ1) is 21.1. The van der Waals surface area contributed by atoms with E-state index in [0.717, 1.165) is 23.2 Å². The van der Waals surface area contributed by atoms with Gasteiger partial charge in [0.05, 0.1) is 0 Å². The van der Waals surface area contributed by atoms with Gasteiger partial charge in [-0.05, 0) is 55.1 Å². The quantitative estimate of drug-likeness (QED) is 0.365. The molecule has 4 rings (SSSR count). The van der Waals surface area contributed by atoms with E-state index in [-0.39, 0.29) is 0 Å². The Hall–Kier alpha value is -2.10. The Bertz CT molecular complexity index is 907. The van der Waals surface area contributed by atoms with Crippen LogP contribution in [0.2, 0.25) is 0 Å². The molecule has 1 saturated carbocycles. The molecule has 1 aliphatic carbocycles. The molecule has 0 saturated heterocycles. The number of benzene rings is 3. The largest absolute Gasteiger partial charge is 0.489 e. The van der Waals surface area contributed by atoms with Crippen molar-refractivity contribution in [1.82, 2.24) is 5.32 Å². The fourth-order valence-electron chi connectivity index (χ4n) is 4.41. The van der Waals surface area contributed by atoms with Crippen LogP contribution in [0.1, 0.15) is 54.7 Å². The van der Waals surface area contributed by atoms with Crippen LogP contribution in [0.4, 0.5) is 0 Å². The topological polar surface area (TPSA) is 21.3 Å². The first-order valence-corrected chi connectivity index (χ1v) is 11.8. The van der Waals surface area contributed by atoms with Gasteiger partial charge in [0.2, 0.25) is 0 Å². The summed E-state index contributed by atoms with van der Waals surface area (Å²) in [4.78, 5) is 0. The molecular weight excluding hydrogens is 434 g/mol. The number of nitrogens with one attached hydrogen (secondary N) is 1. The van der Waals surface area contributed by atoms with Crippen LogP contribution < -0.4 is 10.1 Å². The molecule has 0 bridgehead atoms. The van der Waals surface area contributed by atoms with Gasteiger partial charge in [-0.25, -0.2) is 0 Å². The Kier molecular flexibility index (Phi) is 7.60. The maximum atomic E-state index is 6.32. The Labute approximate surface area is 188 Å². The van der Waals surface area contributed by atoms with Crippen LogP contribution in [-0.4, -0.2) is 12.6 Å². The molecule has 1 atom stereocenters. The van der Waals surface area contributed by atoms with Gasteiger partial charge in [-0.3, -0.25) is 0 Å². The van der Waals surface area contributed by atoms with E-state index in [2.05, 4.69) is 94.0 Å². The zero-order valence-electron chi connectivity index (χ0n) is 17.4. The maximum absolute atomic E-state index is 6.32. The summed E-state index contributed by atoms with van der Waals surface area (Å²) in [6.07, 6.45) is 6.42. The van der Waals surface area contributed by atoms with Crippen LogP contribution >= 0.6 is 15.9 Å². The highest BCUT2D eigenvalue weighted by Crippen LogP contribution is 2.36. The van der Waals surface area contributed by atoms with Crippen molar-refractivity contribution in [3.05, 3.63) is 100 Å². The molecule has 1 N–H and O–H groups in total. The van der Waals surface area contributed by atoms with Crippen LogP contribution in [0, 0.1) is 0 Å². The molecule has 0 heterocycles. The van der Waals surface area contributed by atoms with Gasteiger partial charge in [0.1, 0.15) is 12.4 Å². The van der Waals surface area contributed by atoms with Gasteiger partial charge in [-0.15, -0.1) is 0 Å². The average molecular weight is 464 g/mol. The van der Waals surface area contributed by atoms with E-state index in [0.29, 0.717) is 18.6 Å². The zero-order valence-corrected chi connectivity index (χ0v) is 19.0. The monoisotopic (exact) mass is 463 g/mol. The average Bonchev–Trinajstić information content (AvgIpc) is 3.31.